The predicted molar refractivity (Wildman–Crippen MR) is 86.8 cm³/mol. The van der Waals surface area contributed by atoms with Crippen LogP contribution in [0.4, 0.5) is 0 Å². The first-order chi connectivity index (χ1) is 11.4. The van der Waals surface area contributed by atoms with E-state index in [9.17, 15) is 15.3 Å². The summed E-state index contributed by atoms with van der Waals surface area (Å²) >= 11 is 0. The summed E-state index contributed by atoms with van der Waals surface area (Å²) in [5.74, 6) is 1.02. The van der Waals surface area contributed by atoms with Crippen LogP contribution in [0.1, 0.15) is 32.6 Å². The van der Waals surface area contributed by atoms with E-state index in [4.69, 9.17) is 0 Å². The summed E-state index contributed by atoms with van der Waals surface area (Å²) in [5, 5.41) is 33.3. The Bertz CT molecular complexity index is 709. The molecule has 9 rings (SSSR count). The summed E-state index contributed by atoms with van der Waals surface area (Å²) in [4.78, 5) is 2.73. The van der Waals surface area contributed by atoms with Gasteiger partial charge in [-0.25, -0.2) is 0 Å². The molecule has 0 aromatic heterocycles. The Hall–Kier alpha value is -0.420. The molecule has 0 radical (unpaired) electrons. The second kappa shape index (κ2) is 3.40. The van der Waals surface area contributed by atoms with Gasteiger partial charge in [0.05, 0.1) is 18.3 Å². The van der Waals surface area contributed by atoms with Gasteiger partial charge in [-0.05, 0) is 53.8 Å². The first-order valence-corrected chi connectivity index (χ1v) is 9.83. The molecule has 3 heterocycles. The third kappa shape index (κ3) is 0.980. The number of aliphatic hydroxyl groups excluding tert-OH is 3. The average molecular weight is 329 g/mol. The van der Waals surface area contributed by atoms with Gasteiger partial charge in [0.2, 0.25) is 0 Å². The molecule has 0 aromatic carbocycles. The largest absolute Gasteiger partial charge is 0.393 e. The Labute approximate surface area is 142 Å². The van der Waals surface area contributed by atoms with Gasteiger partial charge < -0.3 is 15.3 Å². The highest BCUT2D eigenvalue weighted by molar-refractivity contribution is 5.43. The van der Waals surface area contributed by atoms with Gasteiger partial charge in [-0.3, -0.25) is 4.90 Å². The zero-order chi connectivity index (χ0) is 16.4. The number of piperidine rings is 2. The minimum absolute atomic E-state index is 0.0358. The maximum absolute atomic E-state index is 11.3. The fourth-order valence-corrected chi connectivity index (χ4v) is 10.7. The number of hydrogen-bond acceptors (Lipinski definition) is 4. The minimum Gasteiger partial charge on any atom is -0.393 e. The van der Waals surface area contributed by atoms with Gasteiger partial charge >= 0.3 is 0 Å². The molecule has 2 unspecified atom stereocenters. The Kier molecular flexibility index (Phi) is 1.95. The van der Waals surface area contributed by atoms with Crippen LogP contribution in [0.15, 0.2) is 12.2 Å². The van der Waals surface area contributed by atoms with E-state index in [2.05, 4.69) is 18.4 Å². The lowest BCUT2D eigenvalue weighted by Crippen LogP contribution is -2.67. The molecular weight excluding hydrogens is 302 g/mol. The molecule has 24 heavy (non-hydrogen) atoms. The van der Waals surface area contributed by atoms with Crippen molar-refractivity contribution in [2.75, 3.05) is 6.54 Å². The molecule has 9 bridgehead atoms. The fourth-order valence-electron chi connectivity index (χ4n) is 10.7. The Morgan fingerprint density at radius 1 is 1.08 bits per heavy atom. The first kappa shape index (κ1) is 13.7. The summed E-state index contributed by atoms with van der Waals surface area (Å²) in [6.07, 6.45) is 2.76. The highest BCUT2D eigenvalue weighted by Gasteiger charge is 2.90. The van der Waals surface area contributed by atoms with Crippen molar-refractivity contribution in [3.05, 3.63) is 12.2 Å². The zero-order valence-electron chi connectivity index (χ0n) is 14.2. The SMILES string of the molecule is C=C1C[C@]23C[C@H]4[C@@H]5[C@@]6(C)C[C@H](O)C[C@@]57[C@@H]2[C@H](O)[C@@H]1[C@H](O)C3[C@H]7N4C6. The van der Waals surface area contributed by atoms with Crippen LogP contribution >= 0.6 is 0 Å². The van der Waals surface area contributed by atoms with Crippen molar-refractivity contribution in [3.63, 3.8) is 0 Å². The molecule has 0 aromatic rings. The van der Waals surface area contributed by atoms with Crippen molar-refractivity contribution in [2.45, 2.75) is 63.0 Å². The summed E-state index contributed by atoms with van der Waals surface area (Å²) in [6, 6.07) is 0.999. The topological polar surface area (TPSA) is 63.9 Å². The Morgan fingerprint density at radius 2 is 1.88 bits per heavy atom. The molecule has 13 atom stereocenters. The van der Waals surface area contributed by atoms with Crippen molar-refractivity contribution in [3.8, 4) is 0 Å². The van der Waals surface area contributed by atoms with E-state index < -0.39 is 12.2 Å². The normalized spacial score (nSPS) is 76.1. The van der Waals surface area contributed by atoms with Gasteiger partial charge in [0.25, 0.3) is 0 Å². The van der Waals surface area contributed by atoms with Crippen molar-refractivity contribution in [1.29, 1.82) is 0 Å². The van der Waals surface area contributed by atoms with E-state index in [0.29, 0.717) is 18.0 Å². The van der Waals surface area contributed by atoms with Crippen LogP contribution in [0.2, 0.25) is 0 Å². The standard InChI is InChI=1S/C20H27NO3/c1-8-3-19-6-10-15-18(2)4-9(22)5-20(15)16(19)14(24)11(8)13(23)12(19)17(20)21(10)7-18/h9-17,22-24H,1,3-7H2,2H3/t9-,10-,11-,12?,13-,14+,15+,16+,17+,18-,19+,20-/m0/s1. The minimum atomic E-state index is -0.460. The number of hydrogen-bond donors (Lipinski definition) is 3. The van der Waals surface area contributed by atoms with E-state index in [1.165, 1.54) is 0 Å². The van der Waals surface area contributed by atoms with Gasteiger partial charge in [0, 0.05) is 30.5 Å². The highest BCUT2D eigenvalue weighted by Crippen LogP contribution is 2.86. The molecule has 3 N–H and O–H groups in total. The van der Waals surface area contributed by atoms with Crippen molar-refractivity contribution >= 4 is 0 Å². The predicted octanol–water partition coefficient (Wildman–Crippen LogP) is 0.764. The molecule has 4 nitrogen and oxygen atoms in total. The summed E-state index contributed by atoms with van der Waals surface area (Å²) < 4.78 is 0. The quantitative estimate of drug-likeness (QED) is 0.574. The van der Waals surface area contributed by atoms with Crippen molar-refractivity contribution in [2.24, 2.45) is 39.9 Å². The monoisotopic (exact) mass is 329 g/mol. The molecule has 130 valence electrons. The Balaban J connectivity index is 1.54. The highest BCUT2D eigenvalue weighted by atomic mass is 16.3. The molecule has 6 aliphatic carbocycles. The van der Waals surface area contributed by atoms with Crippen LogP contribution in [0, 0.1) is 39.9 Å². The van der Waals surface area contributed by atoms with Crippen LogP contribution < -0.4 is 0 Å². The van der Waals surface area contributed by atoms with Gasteiger partial charge in [0.15, 0.2) is 0 Å². The van der Waals surface area contributed by atoms with Crippen LogP contribution in [0.25, 0.3) is 0 Å². The molecule has 9 aliphatic rings. The summed E-state index contributed by atoms with van der Waals surface area (Å²) in [6.45, 7) is 7.72. The zero-order valence-corrected chi connectivity index (χ0v) is 14.2. The van der Waals surface area contributed by atoms with E-state index in [1.807, 2.05) is 0 Å². The van der Waals surface area contributed by atoms with Gasteiger partial charge in [-0.2, -0.15) is 0 Å². The number of nitrogens with zero attached hydrogens (tertiary/aromatic N) is 1. The molecule has 3 aliphatic heterocycles. The number of fused-ring (bicyclic) bond motifs is 1. The van der Waals surface area contributed by atoms with E-state index >= 15 is 0 Å². The lowest BCUT2D eigenvalue weighted by molar-refractivity contribution is -0.213. The smallest absolute Gasteiger partial charge is 0.0679 e. The molecular formula is C20H27NO3. The molecule has 3 saturated heterocycles. The van der Waals surface area contributed by atoms with Crippen LogP contribution in [-0.2, 0) is 0 Å². The van der Waals surface area contributed by atoms with Crippen molar-refractivity contribution < 1.29 is 15.3 Å². The summed E-state index contributed by atoms with van der Waals surface area (Å²) in [5.41, 5.74) is 1.37. The second-order valence-electron chi connectivity index (χ2n) is 10.8. The third-order valence-corrected chi connectivity index (χ3v) is 10.1. The van der Waals surface area contributed by atoms with Gasteiger partial charge in [-0.15, -0.1) is 0 Å². The molecule has 0 amide bonds. The van der Waals surface area contributed by atoms with Crippen molar-refractivity contribution in [1.82, 2.24) is 4.90 Å². The van der Waals surface area contributed by atoms with Gasteiger partial charge in [-0.1, -0.05) is 19.1 Å². The fraction of sp³-hybridized carbons (Fsp3) is 0.900. The lowest BCUT2D eigenvalue weighted by atomic mass is 9.39. The van der Waals surface area contributed by atoms with Gasteiger partial charge in [0.1, 0.15) is 0 Å². The average Bonchev–Trinajstić information content (AvgIpc) is 2.88. The third-order valence-electron chi connectivity index (χ3n) is 10.1. The Morgan fingerprint density at radius 3 is 2.67 bits per heavy atom. The van der Waals surface area contributed by atoms with Crippen LogP contribution in [-0.4, -0.2) is 57.2 Å². The second-order valence-corrected chi connectivity index (χ2v) is 10.8. The summed E-state index contributed by atoms with van der Waals surface area (Å²) in [7, 11) is 0. The van der Waals surface area contributed by atoms with Crippen LogP contribution in [0.5, 0.6) is 0 Å². The van der Waals surface area contributed by atoms with E-state index in [-0.39, 0.29) is 40.1 Å². The number of aliphatic hydroxyl groups is 3. The number of rotatable bonds is 0. The van der Waals surface area contributed by atoms with E-state index in [1.54, 1.807) is 0 Å². The molecule has 2 spiro atoms. The molecule has 9 fully saturated rings. The van der Waals surface area contributed by atoms with E-state index in [0.717, 1.165) is 37.8 Å². The molecule has 6 saturated carbocycles. The first-order valence-electron chi connectivity index (χ1n) is 9.83. The van der Waals surface area contributed by atoms with Crippen LogP contribution in [0.3, 0.4) is 0 Å². The lowest BCUT2D eigenvalue weighted by Gasteiger charge is -2.65. The molecule has 4 heteroatoms. The maximum Gasteiger partial charge on any atom is 0.0679 e. The maximum atomic E-state index is 11.3.